The van der Waals surface area contributed by atoms with E-state index in [0.717, 1.165) is 0 Å². The Morgan fingerprint density at radius 2 is 2.56 bits per heavy atom. The molecule has 1 aromatic heterocycles. The van der Waals surface area contributed by atoms with Crippen molar-refractivity contribution in [2.45, 2.75) is 6.92 Å². The Labute approximate surface area is 52.2 Å². The van der Waals surface area contributed by atoms with Crippen molar-refractivity contribution >= 4 is 5.84 Å². The Morgan fingerprint density at radius 3 is 2.78 bits per heavy atom. The van der Waals surface area contributed by atoms with Gasteiger partial charge >= 0.3 is 0 Å². The maximum atomic E-state index is 6.90. The zero-order chi connectivity index (χ0) is 6.85. The molecular weight excluding hydrogens is 118 g/mol. The molecule has 9 heavy (non-hydrogen) atoms. The first-order valence-electron chi connectivity index (χ1n) is 2.48. The van der Waals surface area contributed by atoms with Gasteiger partial charge in [-0.25, -0.2) is 0 Å². The number of aromatic nitrogens is 1. The maximum Gasteiger partial charge on any atom is 0.148 e. The molecule has 1 aromatic rings. The van der Waals surface area contributed by atoms with Crippen LogP contribution in [0.15, 0.2) is 10.6 Å². The van der Waals surface area contributed by atoms with Gasteiger partial charge in [-0.3, -0.25) is 5.41 Å². The SMILES string of the molecule is Cc1cc(C(=N)N)no1. The molecule has 0 aliphatic heterocycles. The van der Waals surface area contributed by atoms with E-state index >= 15 is 0 Å². The minimum Gasteiger partial charge on any atom is -0.382 e. The quantitative estimate of drug-likeness (QED) is 0.417. The molecule has 0 atom stereocenters. The fourth-order valence-corrected chi connectivity index (χ4v) is 0.493. The van der Waals surface area contributed by atoms with Crippen LogP contribution in [0.25, 0.3) is 0 Å². The normalized spacial score (nSPS) is 9.44. The highest BCUT2D eigenvalue weighted by Gasteiger charge is 2.00. The van der Waals surface area contributed by atoms with Gasteiger partial charge in [0.1, 0.15) is 17.3 Å². The molecule has 0 radical (unpaired) electrons. The van der Waals surface area contributed by atoms with E-state index in [-0.39, 0.29) is 5.84 Å². The van der Waals surface area contributed by atoms with E-state index in [2.05, 4.69) is 9.68 Å². The largest absolute Gasteiger partial charge is 0.382 e. The Balaban J connectivity index is 2.98. The first kappa shape index (κ1) is 5.81. The maximum absolute atomic E-state index is 6.90. The van der Waals surface area contributed by atoms with Crippen LogP contribution in [-0.2, 0) is 0 Å². The Bertz CT molecular complexity index is 228. The van der Waals surface area contributed by atoms with E-state index in [9.17, 15) is 0 Å². The average Bonchev–Trinajstić information content (AvgIpc) is 2.14. The van der Waals surface area contributed by atoms with Crippen LogP contribution in [0, 0.1) is 12.3 Å². The highest BCUT2D eigenvalue weighted by atomic mass is 16.5. The van der Waals surface area contributed by atoms with Crippen molar-refractivity contribution in [1.82, 2.24) is 5.16 Å². The molecule has 1 rings (SSSR count). The summed E-state index contributed by atoms with van der Waals surface area (Å²) in [5, 5.41) is 10.4. The standard InChI is InChI=1S/C5H7N3O/c1-3-2-4(5(6)7)8-9-3/h2H,1H3,(H3,6,7). The second-order valence-electron chi connectivity index (χ2n) is 1.74. The molecule has 4 nitrogen and oxygen atoms in total. The van der Waals surface area contributed by atoms with Crippen molar-refractivity contribution in [3.63, 3.8) is 0 Å². The molecule has 0 unspecified atom stereocenters. The predicted octanol–water partition coefficient (Wildman–Crippen LogP) is 0.267. The van der Waals surface area contributed by atoms with Crippen LogP contribution < -0.4 is 5.73 Å². The number of hydrogen-bond donors (Lipinski definition) is 2. The summed E-state index contributed by atoms with van der Waals surface area (Å²) >= 11 is 0. The lowest BCUT2D eigenvalue weighted by Gasteiger charge is -1.82. The van der Waals surface area contributed by atoms with Crippen LogP contribution in [0.5, 0.6) is 0 Å². The number of nitrogen functional groups attached to an aromatic ring is 1. The number of nitrogens with two attached hydrogens (primary N) is 1. The van der Waals surface area contributed by atoms with Gasteiger partial charge in [0.25, 0.3) is 0 Å². The third-order valence-electron chi connectivity index (χ3n) is 0.904. The monoisotopic (exact) mass is 125 g/mol. The van der Waals surface area contributed by atoms with Gasteiger partial charge in [0, 0.05) is 6.07 Å². The van der Waals surface area contributed by atoms with Gasteiger partial charge in [-0.15, -0.1) is 0 Å². The zero-order valence-corrected chi connectivity index (χ0v) is 5.01. The summed E-state index contributed by atoms with van der Waals surface area (Å²) in [5.41, 5.74) is 5.48. The molecule has 0 aliphatic rings. The van der Waals surface area contributed by atoms with Gasteiger partial charge in [-0.05, 0) is 6.92 Å². The van der Waals surface area contributed by atoms with Gasteiger partial charge < -0.3 is 10.3 Å². The van der Waals surface area contributed by atoms with Gasteiger partial charge in [-0.1, -0.05) is 5.16 Å². The summed E-state index contributed by atoms with van der Waals surface area (Å²) in [6.07, 6.45) is 0. The summed E-state index contributed by atoms with van der Waals surface area (Å²) in [6.45, 7) is 1.75. The van der Waals surface area contributed by atoms with Crippen LogP contribution in [0.1, 0.15) is 11.5 Å². The fraction of sp³-hybridized carbons (Fsp3) is 0.200. The average molecular weight is 125 g/mol. The number of nitrogens with zero attached hydrogens (tertiary/aromatic N) is 1. The van der Waals surface area contributed by atoms with Crippen molar-refractivity contribution < 1.29 is 4.52 Å². The lowest BCUT2D eigenvalue weighted by molar-refractivity contribution is 0.396. The first-order chi connectivity index (χ1) is 4.20. The van der Waals surface area contributed by atoms with Gasteiger partial charge in [0.2, 0.25) is 0 Å². The molecule has 0 fully saturated rings. The molecule has 0 spiro atoms. The molecule has 4 heteroatoms. The second kappa shape index (κ2) is 1.89. The van der Waals surface area contributed by atoms with Crippen molar-refractivity contribution in [2.24, 2.45) is 5.73 Å². The van der Waals surface area contributed by atoms with Crippen molar-refractivity contribution in [1.29, 1.82) is 5.41 Å². The molecule has 3 N–H and O–H groups in total. The van der Waals surface area contributed by atoms with E-state index in [0.29, 0.717) is 11.5 Å². The third kappa shape index (κ3) is 1.07. The predicted molar refractivity (Wildman–Crippen MR) is 32.3 cm³/mol. The van der Waals surface area contributed by atoms with Crippen LogP contribution in [0.2, 0.25) is 0 Å². The zero-order valence-electron chi connectivity index (χ0n) is 5.01. The minimum absolute atomic E-state index is 0.0631. The summed E-state index contributed by atoms with van der Waals surface area (Å²) in [7, 11) is 0. The van der Waals surface area contributed by atoms with E-state index in [1.807, 2.05) is 0 Å². The van der Waals surface area contributed by atoms with Crippen molar-refractivity contribution in [3.8, 4) is 0 Å². The third-order valence-corrected chi connectivity index (χ3v) is 0.904. The molecule has 0 bridgehead atoms. The number of rotatable bonds is 1. The molecule has 0 aliphatic carbocycles. The highest BCUT2D eigenvalue weighted by Crippen LogP contribution is 1.98. The summed E-state index contributed by atoms with van der Waals surface area (Å²) in [6, 6.07) is 1.61. The lowest BCUT2D eigenvalue weighted by atomic mass is 10.4. The van der Waals surface area contributed by atoms with E-state index in [1.165, 1.54) is 0 Å². The summed E-state index contributed by atoms with van der Waals surface area (Å²) in [5.74, 6) is 0.604. The smallest absolute Gasteiger partial charge is 0.148 e. The Hall–Kier alpha value is -1.32. The van der Waals surface area contributed by atoms with Crippen molar-refractivity contribution in [3.05, 3.63) is 17.5 Å². The Kier molecular flexibility index (Phi) is 1.22. The summed E-state index contributed by atoms with van der Waals surface area (Å²) in [4.78, 5) is 0. The topological polar surface area (TPSA) is 75.9 Å². The summed E-state index contributed by atoms with van der Waals surface area (Å²) < 4.78 is 4.65. The van der Waals surface area contributed by atoms with Crippen molar-refractivity contribution in [2.75, 3.05) is 0 Å². The first-order valence-corrected chi connectivity index (χ1v) is 2.48. The van der Waals surface area contributed by atoms with E-state index in [1.54, 1.807) is 13.0 Å². The number of amidine groups is 1. The fourth-order valence-electron chi connectivity index (χ4n) is 0.493. The number of aryl methyl sites for hydroxylation is 1. The second-order valence-corrected chi connectivity index (χ2v) is 1.74. The molecule has 0 saturated carbocycles. The number of hydrogen-bond acceptors (Lipinski definition) is 3. The highest BCUT2D eigenvalue weighted by molar-refractivity contribution is 5.92. The van der Waals surface area contributed by atoms with Crippen LogP contribution in [0.3, 0.4) is 0 Å². The van der Waals surface area contributed by atoms with Gasteiger partial charge in [-0.2, -0.15) is 0 Å². The van der Waals surface area contributed by atoms with E-state index < -0.39 is 0 Å². The van der Waals surface area contributed by atoms with Crippen LogP contribution >= 0.6 is 0 Å². The number of nitrogens with one attached hydrogen (secondary N) is 1. The molecule has 0 saturated heterocycles. The van der Waals surface area contributed by atoms with Crippen LogP contribution in [-0.4, -0.2) is 11.0 Å². The van der Waals surface area contributed by atoms with Gasteiger partial charge in [0.05, 0.1) is 0 Å². The minimum atomic E-state index is -0.0631. The van der Waals surface area contributed by atoms with Crippen LogP contribution in [0.4, 0.5) is 0 Å². The lowest BCUT2D eigenvalue weighted by Crippen LogP contribution is -2.10. The molecule has 1 heterocycles. The van der Waals surface area contributed by atoms with Gasteiger partial charge in [0.15, 0.2) is 0 Å². The molecule has 0 amide bonds. The molecule has 48 valence electrons. The Morgan fingerprint density at radius 1 is 1.89 bits per heavy atom. The molecule has 0 aromatic carbocycles. The van der Waals surface area contributed by atoms with E-state index in [4.69, 9.17) is 11.1 Å². The molecular formula is C5H7N3O.